The fourth-order valence-electron chi connectivity index (χ4n) is 1.91. The van der Waals surface area contributed by atoms with Crippen molar-refractivity contribution in [1.82, 2.24) is 5.32 Å². The number of hydrogen-bond acceptors (Lipinski definition) is 4. The van der Waals surface area contributed by atoms with Crippen LogP contribution in [0.2, 0.25) is 5.02 Å². The third-order valence-electron chi connectivity index (χ3n) is 2.80. The predicted molar refractivity (Wildman–Crippen MR) is 90.9 cm³/mol. The van der Waals surface area contributed by atoms with Crippen LogP contribution in [0.4, 0.5) is 5.69 Å². The molecule has 0 aromatic heterocycles. The first-order valence-electron chi connectivity index (χ1n) is 6.66. The average molecular weight is 351 g/mol. The monoisotopic (exact) mass is 350 g/mol. The molecule has 1 heterocycles. The fourth-order valence-corrected chi connectivity index (χ4v) is 3.12. The number of morpholine rings is 1. The van der Waals surface area contributed by atoms with Crippen LogP contribution in [-0.4, -0.2) is 37.0 Å². The second kappa shape index (κ2) is 8.86. The lowest BCUT2D eigenvalue weighted by Crippen LogP contribution is -2.45. The first-order chi connectivity index (χ1) is 9.58. The Kier molecular flexibility index (Phi) is 7.84. The summed E-state index contributed by atoms with van der Waals surface area (Å²) >= 11 is 7.86. The SMILES string of the molecule is CC(C)Sc1c(Cl)cccc1NC(=O)[C@H]1CNCCO1.Cl. The normalized spacial score (nSPS) is 18.2. The van der Waals surface area contributed by atoms with Crippen molar-refractivity contribution in [2.75, 3.05) is 25.0 Å². The first-order valence-corrected chi connectivity index (χ1v) is 7.92. The number of rotatable bonds is 4. The van der Waals surface area contributed by atoms with Crippen LogP contribution in [0.3, 0.4) is 0 Å². The fraction of sp³-hybridized carbons (Fsp3) is 0.500. The Morgan fingerprint density at radius 3 is 2.90 bits per heavy atom. The third-order valence-corrected chi connectivity index (χ3v) is 4.37. The van der Waals surface area contributed by atoms with Gasteiger partial charge >= 0.3 is 0 Å². The molecule has 1 atom stereocenters. The smallest absolute Gasteiger partial charge is 0.254 e. The molecule has 1 amide bonds. The molecule has 21 heavy (non-hydrogen) atoms. The molecule has 0 spiro atoms. The zero-order valence-corrected chi connectivity index (χ0v) is 14.4. The maximum atomic E-state index is 12.2. The highest BCUT2D eigenvalue weighted by molar-refractivity contribution is 8.00. The molecule has 0 bridgehead atoms. The Balaban J connectivity index is 0.00000220. The van der Waals surface area contributed by atoms with Gasteiger partial charge in [-0.1, -0.05) is 31.5 Å². The number of benzene rings is 1. The van der Waals surface area contributed by atoms with Gasteiger partial charge in [-0.3, -0.25) is 4.79 Å². The van der Waals surface area contributed by atoms with E-state index in [9.17, 15) is 4.79 Å². The number of ether oxygens (including phenoxy) is 1. The average Bonchev–Trinajstić information content (AvgIpc) is 2.43. The minimum Gasteiger partial charge on any atom is -0.366 e. The van der Waals surface area contributed by atoms with E-state index in [4.69, 9.17) is 16.3 Å². The molecule has 0 unspecified atom stereocenters. The van der Waals surface area contributed by atoms with Gasteiger partial charge in [-0.2, -0.15) is 0 Å². The van der Waals surface area contributed by atoms with Crippen molar-refractivity contribution in [3.05, 3.63) is 23.2 Å². The predicted octanol–water partition coefficient (Wildman–Crippen LogP) is 3.19. The molecule has 1 aromatic carbocycles. The van der Waals surface area contributed by atoms with Crippen LogP contribution in [0.5, 0.6) is 0 Å². The van der Waals surface area contributed by atoms with Crippen molar-refractivity contribution < 1.29 is 9.53 Å². The highest BCUT2D eigenvalue weighted by Crippen LogP contribution is 2.36. The maximum absolute atomic E-state index is 12.2. The zero-order valence-electron chi connectivity index (χ0n) is 12.0. The van der Waals surface area contributed by atoms with E-state index in [0.29, 0.717) is 23.4 Å². The largest absolute Gasteiger partial charge is 0.366 e. The summed E-state index contributed by atoms with van der Waals surface area (Å²) in [5, 5.41) is 7.10. The summed E-state index contributed by atoms with van der Waals surface area (Å²) in [6, 6.07) is 5.54. The van der Waals surface area contributed by atoms with Crippen molar-refractivity contribution in [3.8, 4) is 0 Å². The van der Waals surface area contributed by atoms with E-state index in [0.717, 1.165) is 17.1 Å². The summed E-state index contributed by atoms with van der Waals surface area (Å²) in [6.45, 7) is 6.07. The second-order valence-electron chi connectivity index (χ2n) is 4.84. The lowest BCUT2D eigenvalue weighted by atomic mass is 10.2. The van der Waals surface area contributed by atoms with Gasteiger partial charge in [-0.05, 0) is 12.1 Å². The molecule has 4 nitrogen and oxygen atoms in total. The number of halogens is 2. The molecule has 118 valence electrons. The Bertz CT molecular complexity index is 480. The topological polar surface area (TPSA) is 50.4 Å². The van der Waals surface area contributed by atoms with Gasteiger partial charge in [0.15, 0.2) is 0 Å². The van der Waals surface area contributed by atoms with Gasteiger partial charge in [0.1, 0.15) is 6.10 Å². The molecule has 1 aliphatic heterocycles. The molecular weight excluding hydrogens is 331 g/mol. The number of carbonyl (C=O) groups is 1. The molecule has 2 rings (SSSR count). The zero-order chi connectivity index (χ0) is 14.5. The van der Waals surface area contributed by atoms with Gasteiger partial charge in [0, 0.05) is 23.2 Å². The highest BCUT2D eigenvalue weighted by Gasteiger charge is 2.23. The van der Waals surface area contributed by atoms with Crippen molar-refractivity contribution >= 4 is 47.4 Å². The van der Waals surface area contributed by atoms with E-state index in [1.807, 2.05) is 18.2 Å². The molecule has 0 radical (unpaired) electrons. The molecule has 0 saturated carbocycles. The molecule has 1 saturated heterocycles. The first kappa shape index (κ1) is 18.6. The second-order valence-corrected chi connectivity index (χ2v) is 6.83. The van der Waals surface area contributed by atoms with Crippen LogP contribution in [-0.2, 0) is 9.53 Å². The van der Waals surface area contributed by atoms with E-state index in [1.165, 1.54) is 0 Å². The summed E-state index contributed by atoms with van der Waals surface area (Å²) < 4.78 is 5.45. The van der Waals surface area contributed by atoms with Crippen LogP contribution in [0.15, 0.2) is 23.1 Å². The summed E-state index contributed by atoms with van der Waals surface area (Å²) in [7, 11) is 0. The molecule has 7 heteroatoms. The standard InChI is InChI=1S/C14H19ClN2O2S.ClH/c1-9(2)20-13-10(15)4-3-5-11(13)17-14(18)12-8-16-6-7-19-12;/h3-5,9,12,16H,6-8H2,1-2H3,(H,17,18);1H/t12-;/m1./s1. The highest BCUT2D eigenvalue weighted by atomic mass is 35.5. The summed E-state index contributed by atoms with van der Waals surface area (Å²) in [5.41, 5.74) is 0.746. The quantitative estimate of drug-likeness (QED) is 0.818. The van der Waals surface area contributed by atoms with Gasteiger partial charge in [-0.25, -0.2) is 0 Å². The number of amides is 1. The van der Waals surface area contributed by atoms with Crippen LogP contribution in [0.25, 0.3) is 0 Å². The van der Waals surface area contributed by atoms with E-state index in [2.05, 4.69) is 24.5 Å². The minimum atomic E-state index is -0.445. The summed E-state index contributed by atoms with van der Waals surface area (Å²) in [5.74, 6) is -0.134. The summed E-state index contributed by atoms with van der Waals surface area (Å²) in [6.07, 6.45) is -0.445. The van der Waals surface area contributed by atoms with Crippen LogP contribution < -0.4 is 10.6 Å². The third kappa shape index (κ3) is 5.34. The lowest BCUT2D eigenvalue weighted by Gasteiger charge is -2.23. The van der Waals surface area contributed by atoms with E-state index in [-0.39, 0.29) is 18.3 Å². The van der Waals surface area contributed by atoms with Gasteiger partial charge in [0.2, 0.25) is 0 Å². The van der Waals surface area contributed by atoms with Gasteiger partial charge in [0.25, 0.3) is 5.91 Å². The lowest BCUT2D eigenvalue weighted by molar-refractivity contribution is -0.128. The number of anilines is 1. The summed E-state index contributed by atoms with van der Waals surface area (Å²) in [4.78, 5) is 13.1. The number of nitrogens with one attached hydrogen (secondary N) is 2. The molecule has 1 aromatic rings. The Morgan fingerprint density at radius 2 is 2.29 bits per heavy atom. The Hall–Kier alpha value is -0.460. The molecular formula is C14H20Cl2N2O2S. The molecule has 1 aliphatic rings. The van der Waals surface area contributed by atoms with E-state index < -0.39 is 6.10 Å². The van der Waals surface area contributed by atoms with Crippen LogP contribution >= 0.6 is 35.8 Å². The number of hydrogen-bond donors (Lipinski definition) is 2. The van der Waals surface area contributed by atoms with E-state index >= 15 is 0 Å². The minimum absolute atomic E-state index is 0. The van der Waals surface area contributed by atoms with Crippen molar-refractivity contribution in [2.24, 2.45) is 0 Å². The molecule has 2 N–H and O–H groups in total. The van der Waals surface area contributed by atoms with Gasteiger partial charge in [0.05, 0.1) is 17.3 Å². The van der Waals surface area contributed by atoms with Crippen molar-refractivity contribution in [1.29, 1.82) is 0 Å². The molecule has 1 fully saturated rings. The number of carbonyl (C=O) groups excluding carboxylic acids is 1. The Morgan fingerprint density at radius 1 is 1.52 bits per heavy atom. The van der Waals surface area contributed by atoms with Crippen molar-refractivity contribution in [3.63, 3.8) is 0 Å². The van der Waals surface area contributed by atoms with Crippen LogP contribution in [0.1, 0.15) is 13.8 Å². The number of thioether (sulfide) groups is 1. The molecule has 0 aliphatic carbocycles. The Labute approximate surface area is 140 Å². The van der Waals surface area contributed by atoms with Gasteiger partial charge in [-0.15, -0.1) is 24.2 Å². The maximum Gasteiger partial charge on any atom is 0.254 e. The van der Waals surface area contributed by atoms with Crippen molar-refractivity contribution in [2.45, 2.75) is 30.1 Å². The van der Waals surface area contributed by atoms with Gasteiger partial charge < -0.3 is 15.4 Å². The van der Waals surface area contributed by atoms with E-state index in [1.54, 1.807) is 11.8 Å². The van der Waals surface area contributed by atoms with Crippen LogP contribution in [0, 0.1) is 0 Å².